The summed E-state index contributed by atoms with van der Waals surface area (Å²) in [5, 5.41) is 2.86. The minimum Gasteiger partial charge on any atom is -0.493 e. The van der Waals surface area contributed by atoms with Crippen LogP contribution in [-0.4, -0.2) is 13.0 Å². The molecule has 25 heavy (non-hydrogen) atoms. The Kier molecular flexibility index (Phi) is 5.32. The average molecular weight is 333 g/mol. The standard InChI is InChI=1S/C21H19NO3/c1-24-19-13-12-17(21(23)22-18-10-6-3-7-11-18)14-20(19)25-15-16-8-4-2-5-9-16/h2-14H,15H2,1H3,(H,22,23). The molecule has 0 saturated heterocycles. The van der Waals surface area contributed by atoms with E-state index in [4.69, 9.17) is 9.47 Å². The maximum absolute atomic E-state index is 12.4. The number of nitrogens with one attached hydrogen (secondary N) is 1. The normalized spacial score (nSPS) is 10.1. The van der Waals surface area contributed by atoms with E-state index in [-0.39, 0.29) is 5.91 Å². The van der Waals surface area contributed by atoms with Gasteiger partial charge in [0, 0.05) is 11.3 Å². The molecule has 1 amide bonds. The molecule has 4 nitrogen and oxygen atoms in total. The van der Waals surface area contributed by atoms with Crippen LogP contribution in [0, 0.1) is 0 Å². The molecular formula is C21H19NO3. The van der Waals surface area contributed by atoms with Gasteiger partial charge >= 0.3 is 0 Å². The number of benzene rings is 3. The van der Waals surface area contributed by atoms with E-state index in [2.05, 4.69) is 5.32 Å². The summed E-state index contributed by atoms with van der Waals surface area (Å²) in [5.74, 6) is 0.928. The number of ether oxygens (including phenoxy) is 2. The van der Waals surface area contributed by atoms with Gasteiger partial charge in [-0.15, -0.1) is 0 Å². The Bertz CT molecular complexity index is 832. The zero-order valence-corrected chi connectivity index (χ0v) is 13.9. The Labute approximate surface area is 147 Å². The molecule has 0 radical (unpaired) electrons. The molecule has 0 atom stereocenters. The number of carbonyl (C=O) groups excluding carboxylic acids is 1. The second-order valence-electron chi connectivity index (χ2n) is 5.46. The van der Waals surface area contributed by atoms with E-state index in [1.165, 1.54) is 0 Å². The van der Waals surface area contributed by atoms with Gasteiger partial charge in [-0.1, -0.05) is 48.5 Å². The van der Waals surface area contributed by atoms with Crippen molar-refractivity contribution in [3.63, 3.8) is 0 Å². The van der Waals surface area contributed by atoms with Crippen LogP contribution in [0.15, 0.2) is 78.9 Å². The Morgan fingerprint density at radius 3 is 2.24 bits per heavy atom. The summed E-state index contributed by atoms with van der Waals surface area (Å²) < 4.78 is 11.2. The van der Waals surface area contributed by atoms with Crippen molar-refractivity contribution in [2.24, 2.45) is 0 Å². The van der Waals surface area contributed by atoms with Gasteiger partial charge < -0.3 is 14.8 Å². The van der Waals surface area contributed by atoms with Gasteiger partial charge in [-0.2, -0.15) is 0 Å². The maximum atomic E-state index is 12.4. The first kappa shape index (κ1) is 16.6. The van der Waals surface area contributed by atoms with E-state index in [0.717, 1.165) is 11.3 Å². The van der Waals surface area contributed by atoms with Gasteiger partial charge in [0.05, 0.1) is 7.11 Å². The summed E-state index contributed by atoms with van der Waals surface area (Å²) in [6.45, 7) is 0.404. The highest BCUT2D eigenvalue weighted by Gasteiger charge is 2.12. The topological polar surface area (TPSA) is 47.6 Å². The molecule has 0 heterocycles. The number of amides is 1. The van der Waals surface area contributed by atoms with Crippen LogP contribution in [0.25, 0.3) is 0 Å². The molecule has 4 heteroatoms. The molecule has 0 aliphatic carbocycles. The van der Waals surface area contributed by atoms with Gasteiger partial charge in [-0.05, 0) is 35.9 Å². The second kappa shape index (κ2) is 8.02. The van der Waals surface area contributed by atoms with Crippen LogP contribution >= 0.6 is 0 Å². The fraction of sp³-hybridized carbons (Fsp3) is 0.0952. The molecule has 3 aromatic rings. The van der Waals surface area contributed by atoms with Crippen LogP contribution in [0.4, 0.5) is 5.69 Å². The minimum absolute atomic E-state index is 0.196. The summed E-state index contributed by atoms with van der Waals surface area (Å²) in [7, 11) is 1.58. The fourth-order valence-electron chi connectivity index (χ4n) is 2.39. The molecule has 0 fully saturated rings. The van der Waals surface area contributed by atoms with E-state index in [1.54, 1.807) is 25.3 Å². The van der Waals surface area contributed by atoms with Crippen LogP contribution in [0.2, 0.25) is 0 Å². The molecule has 0 saturated carbocycles. The average Bonchev–Trinajstić information content (AvgIpc) is 2.67. The quantitative estimate of drug-likeness (QED) is 0.721. The van der Waals surface area contributed by atoms with Gasteiger partial charge in [0.2, 0.25) is 0 Å². The van der Waals surface area contributed by atoms with Crippen LogP contribution in [-0.2, 0) is 6.61 Å². The van der Waals surface area contributed by atoms with Crippen molar-refractivity contribution >= 4 is 11.6 Å². The second-order valence-corrected chi connectivity index (χ2v) is 5.46. The largest absolute Gasteiger partial charge is 0.493 e. The molecule has 0 unspecified atom stereocenters. The summed E-state index contributed by atoms with van der Waals surface area (Å²) in [5.41, 5.74) is 2.30. The van der Waals surface area contributed by atoms with Crippen molar-refractivity contribution in [3.8, 4) is 11.5 Å². The van der Waals surface area contributed by atoms with Crippen molar-refractivity contribution in [2.75, 3.05) is 12.4 Å². The van der Waals surface area contributed by atoms with E-state index in [1.807, 2.05) is 60.7 Å². The highest BCUT2D eigenvalue weighted by molar-refractivity contribution is 6.04. The number of hydrogen-bond acceptors (Lipinski definition) is 3. The van der Waals surface area contributed by atoms with Gasteiger partial charge in [-0.25, -0.2) is 0 Å². The third-order valence-electron chi connectivity index (χ3n) is 3.69. The van der Waals surface area contributed by atoms with Gasteiger partial charge in [0.15, 0.2) is 11.5 Å². The van der Waals surface area contributed by atoms with Crippen LogP contribution in [0.3, 0.4) is 0 Å². The first-order valence-electron chi connectivity index (χ1n) is 7.97. The van der Waals surface area contributed by atoms with Crippen molar-refractivity contribution in [2.45, 2.75) is 6.61 Å². The third kappa shape index (κ3) is 4.38. The Balaban J connectivity index is 1.76. The van der Waals surface area contributed by atoms with Crippen molar-refractivity contribution in [1.29, 1.82) is 0 Å². The number of hydrogen-bond donors (Lipinski definition) is 1. The lowest BCUT2D eigenvalue weighted by Crippen LogP contribution is -2.12. The lowest BCUT2D eigenvalue weighted by atomic mass is 10.1. The van der Waals surface area contributed by atoms with Crippen LogP contribution in [0.1, 0.15) is 15.9 Å². The molecule has 0 spiro atoms. The first-order chi connectivity index (χ1) is 12.3. The summed E-state index contributed by atoms with van der Waals surface area (Å²) in [6, 6.07) is 24.3. The van der Waals surface area contributed by atoms with E-state index in [0.29, 0.717) is 23.7 Å². The predicted octanol–water partition coefficient (Wildman–Crippen LogP) is 4.53. The summed E-state index contributed by atoms with van der Waals surface area (Å²) in [4.78, 5) is 12.4. The smallest absolute Gasteiger partial charge is 0.255 e. The summed E-state index contributed by atoms with van der Waals surface area (Å²) in [6.07, 6.45) is 0. The number of anilines is 1. The zero-order chi connectivity index (χ0) is 17.5. The minimum atomic E-state index is -0.196. The zero-order valence-electron chi connectivity index (χ0n) is 13.9. The molecule has 0 aliphatic heterocycles. The van der Waals surface area contributed by atoms with Gasteiger partial charge in [-0.3, -0.25) is 4.79 Å². The molecular weight excluding hydrogens is 314 g/mol. The lowest BCUT2D eigenvalue weighted by molar-refractivity contribution is 0.102. The fourth-order valence-corrected chi connectivity index (χ4v) is 2.39. The third-order valence-corrected chi connectivity index (χ3v) is 3.69. The predicted molar refractivity (Wildman–Crippen MR) is 98.2 cm³/mol. The highest BCUT2D eigenvalue weighted by atomic mass is 16.5. The molecule has 0 bridgehead atoms. The number of carbonyl (C=O) groups is 1. The summed E-state index contributed by atoms with van der Waals surface area (Å²) >= 11 is 0. The SMILES string of the molecule is COc1ccc(C(=O)Nc2ccccc2)cc1OCc1ccccc1. The number of methoxy groups -OCH3 is 1. The first-order valence-corrected chi connectivity index (χ1v) is 7.97. The molecule has 3 aromatic carbocycles. The number of para-hydroxylation sites is 1. The van der Waals surface area contributed by atoms with E-state index >= 15 is 0 Å². The van der Waals surface area contributed by atoms with Crippen LogP contribution in [0.5, 0.6) is 11.5 Å². The molecule has 3 rings (SSSR count). The van der Waals surface area contributed by atoms with Crippen molar-refractivity contribution in [3.05, 3.63) is 90.0 Å². The molecule has 0 aliphatic rings. The van der Waals surface area contributed by atoms with Crippen LogP contribution < -0.4 is 14.8 Å². The van der Waals surface area contributed by atoms with Gasteiger partial charge in [0.25, 0.3) is 5.91 Å². The van der Waals surface area contributed by atoms with Crippen molar-refractivity contribution < 1.29 is 14.3 Å². The maximum Gasteiger partial charge on any atom is 0.255 e. The lowest BCUT2D eigenvalue weighted by Gasteiger charge is -2.12. The highest BCUT2D eigenvalue weighted by Crippen LogP contribution is 2.29. The van der Waals surface area contributed by atoms with Gasteiger partial charge in [0.1, 0.15) is 6.61 Å². The molecule has 1 N–H and O–H groups in total. The Hall–Kier alpha value is -3.27. The number of rotatable bonds is 6. The molecule has 0 aromatic heterocycles. The monoisotopic (exact) mass is 333 g/mol. The van der Waals surface area contributed by atoms with Crippen molar-refractivity contribution in [1.82, 2.24) is 0 Å². The van der Waals surface area contributed by atoms with E-state index < -0.39 is 0 Å². The Morgan fingerprint density at radius 1 is 0.880 bits per heavy atom. The van der Waals surface area contributed by atoms with E-state index in [9.17, 15) is 4.79 Å². The molecule has 126 valence electrons. The Morgan fingerprint density at radius 2 is 1.56 bits per heavy atom.